The van der Waals surface area contributed by atoms with Gasteiger partial charge in [-0.1, -0.05) is 38.3 Å². The van der Waals surface area contributed by atoms with Crippen LogP contribution in [0.5, 0.6) is 5.75 Å². The number of fused-ring (bicyclic) bond motifs is 2. The molecule has 1 saturated carbocycles. The summed E-state index contributed by atoms with van der Waals surface area (Å²) in [7, 11) is 0. The maximum atomic E-state index is 10.7. The third-order valence-corrected chi connectivity index (χ3v) is 6.67. The summed E-state index contributed by atoms with van der Waals surface area (Å²) in [4.78, 5) is 0. The molecule has 4 nitrogen and oxygen atoms in total. The topological polar surface area (TPSA) is 69.9 Å². The van der Waals surface area contributed by atoms with E-state index < -0.39 is 0 Å². The number of benzene rings is 1. The Morgan fingerprint density at radius 3 is 2.81 bits per heavy atom. The fourth-order valence-electron chi connectivity index (χ4n) is 5.25. The van der Waals surface area contributed by atoms with Crippen LogP contribution in [-0.4, -0.2) is 40.7 Å². The van der Waals surface area contributed by atoms with E-state index in [1.807, 2.05) is 12.1 Å². The van der Waals surface area contributed by atoms with E-state index in [1.54, 1.807) is 0 Å². The maximum absolute atomic E-state index is 10.7. The number of hydrogen-bond donors (Lipinski definition) is 3. The van der Waals surface area contributed by atoms with Crippen LogP contribution in [0, 0.1) is 17.8 Å². The first-order valence-electron chi connectivity index (χ1n) is 10.8. The minimum atomic E-state index is -0.251. The molecule has 5 atom stereocenters. The molecule has 152 valence electrons. The van der Waals surface area contributed by atoms with Crippen molar-refractivity contribution in [2.45, 2.75) is 76.9 Å². The highest BCUT2D eigenvalue weighted by atomic mass is 16.5. The Kier molecular flexibility index (Phi) is 7.57. The van der Waals surface area contributed by atoms with E-state index in [1.165, 1.54) is 24.0 Å². The quantitative estimate of drug-likeness (QED) is 0.547. The van der Waals surface area contributed by atoms with Gasteiger partial charge in [0.25, 0.3) is 0 Å². The van der Waals surface area contributed by atoms with Crippen LogP contribution in [-0.2, 0) is 12.8 Å². The van der Waals surface area contributed by atoms with Crippen LogP contribution < -0.4 is 4.74 Å². The molecule has 3 rings (SSSR count). The van der Waals surface area contributed by atoms with Crippen molar-refractivity contribution >= 4 is 0 Å². The second kappa shape index (κ2) is 9.90. The molecule has 0 radical (unpaired) electrons. The van der Waals surface area contributed by atoms with Crippen molar-refractivity contribution in [3.63, 3.8) is 0 Å². The van der Waals surface area contributed by atoms with Gasteiger partial charge in [-0.2, -0.15) is 0 Å². The van der Waals surface area contributed by atoms with Crippen molar-refractivity contribution in [1.29, 1.82) is 0 Å². The van der Waals surface area contributed by atoms with Gasteiger partial charge in [0.2, 0.25) is 0 Å². The lowest BCUT2D eigenvalue weighted by Crippen LogP contribution is -2.28. The van der Waals surface area contributed by atoms with E-state index in [-0.39, 0.29) is 18.8 Å². The van der Waals surface area contributed by atoms with Gasteiger partial charge in [-0.15, -0.1) is 0 Å². The second-order valence-corrected chi connectivity index (χ2v) is 8.49. The van der Waals surface area contributed by atoms with Crippen molar-refractivity contribution in [3.8, 4) is 5.75 Å². The van der Waals surface area contributed by atoms with Gasteiger partial charge < -0.3 is 20.1 Å². The molecule has 0 spiro atoms. The molecule has 0 aliphatic heterocycles. The van der Waals surface area contributed by atoms with Gasteiger partial charge in [-0.05, 0) is 73.5 Å². The summed E-state index contributed by atoms with van der Waals surface area (Å²) in [5.74, 6) is 2.19. The Labute approximate surface area is 163 Å². The zero-order valence-electron chi connectivity index (χ0n) is 16.6. The van der Waals surface area contributed by atoms with Crippen LogP contribution in [0.3, 0.4) is 0 Å². The van der Waals surface area contributed by atoms with E-state index >= 15 is 0 Å². The van der Waals surface area contributed by atoms with Crippen molar-refractivity contribution in [3.05, 3.63) is 29.3 Å². The Morgan fingerprint density at radius 2 is 2.04 bits per heavy atom. The Morgan fingerprint density at radius 1 is 1.19 bits per heavy atom. The number of hydrogen-bond acceptors (Lipinski definition) is 4. The highest BCUT2D eigenvalue weighted by molar-refractivity contribution is 5.43. The monoisotopic (exact) mass is 376 g/mol. The second-order valence-electron chi connectivity index (χ2n) is 8.49. The first-order valence-corrected chi connectivity index (χ1v) is 10.8. The first-order chi connectivity index (χ1) is 13.1. The highest BCUT2D eigenvalue weighted by Crippen LogP contribution is 2.48. The van der Waals surface area contributed by atoms with E-state index in [0.29, 0.717) is 24.4 Å². The molecule has 0 heterocycles. The summed E-state index contributed by atoms with van der Waals surface area (Å²) < 4.78 is 5.74. The van der Waals surface area contributed by atoms with Crippen LogP contribution in [0.1, 0.15) is 63.0 Å². The average molecular weight is 377 g/mol. The largest absolute Gasteiger partial charge is 0.491 e. The van der Waals surface area contributed by atoms with Gasteiger partial charge in [0.05, 0.1) is 18.8 Å². The predicted octanol–water partition coefficient (Wildman–Crippen LogP) is 3.49. The standard InChI is InChI=1S/C23H36O4/c1-2-3-4-7-18(25)9-10-19-20-13-16-6-5-8-23(27-12-11-24)21(16)14-17(20)15-22(19)26/h5-6,8,17-20,22,24-26H,2-4,7,9-15H2,1H3/t17-,18-,19+,20-,22+/m0/s1. The zero-order valence-corrected chi connectivity index (χ0v) is 16.6. The molecule has 1 aromatic carbocycles. The third-order valence-electron chi connectivity index (χ3n) is 6.67. The fourth-order valence-corrected chi connectivity index (χ4v) is 5.25. The Hall–Kier alpha value is -1.10. The molecule has 1 aromatic rings. The number of aliphatic hydroxyl groups is 3. The lowest BCUT2D eigenvalue weighted by Gasteiger charge is -2.32. The van der Waals surface area contributed by atoms with E-state index in [0.717, 1.165) is 50.7 Å². The zero-order chi connectivity index (χ0) is 19.2. The Balaban J connectivity index is 1.61. The minimum absolute atomic E-state index is 0.0249. The maximum Gasteiger partial charge on any atom is 0.122 e. The SMILES string of the molecule is CCCCC[C@H](O)CC[C@@H]1[C@H]2Cc3cccc(OCCO)c3C[C@H]2C[C@H]1O. The van der Waals surface area contributed by atoms with Crippen molar-refractivity contribution in [2.75, 3.05) is 13.2 Å². The summed E-state index contributed by atoms with van der Waals surface area (Å²) >= 11 is 0. The van der Waals surface area contributed by atoms with Gasteiger partial charge in [0, 0.05) is 0 Å². The van der Waals surface area contributed by atoms with Gasteiger partial charge in [0.1, 0.15) is 12.4 Å². The molecule has 1 fully saturated rings. The van der Waals surface area contributed by atoms with Crippen molar-refractivity contribution in [2.24, 2.45) is 17.8 Å². The minimum Gasteiger partial charge on any atom is -0.491 e. The average Bonchev–Trinajstić information content (AvgIpc) is 2.97. The normalized spacial score (nSPS) is 27.9. The molecular formula is C23H36O4. The summed E-state index contributed by atoms with van der Waals surface area (Å²) in [5.41, 5.74) is 2.59. The predicted molar refractivity (Wildman–Crippen MR) is 107 cm³/mol. The molecule has 2 aliphatic rings. The first kappa shape index (κ1) is 20.6. The summed E-state index contributed by atoms with van der Waals surface area (Å²) in [6.07, 6.45) is 8.41. The lowest BCUT2D eigenvalue weighted by atomic mass is 9.73. The van der Waals surface area contributed by atoms with E-state index in [4.69, 9.17) is 9.84 Å². The van der Waals surface area contributed by atoms with Gasteiger partial charge in [-0.3, -0.25) is 0 Å². The van der Waals surface area contributed by atoms with Crippen molar-refractivity contribution < 1.29 is 20.1 Å². The molecule has 0 saturated heterocycles. The number of rotatable bonds is 10. The molecule has 3 N–H and O–H groups in total. The summed E-state index contributed by atoms with van der Waals surface area (Å²) in [6, 6.07) is 6.20. The van der Waals surface area contributed by atoms with Gasteiger partial charge in [0.15, 0.2) is 0 Å². The smallest absolute Gasteiger partial charge is 0.122 e. The van der Waals surface area contributed by atoms with Crippen LogP contribution in [0.4, 0.5) is 0 Å². The third kappa shape index (κ3) is 5.04. The molecule has 0 bridgehead atoms. The molecule has 0 unspecified atom stereocenters. The Bertz CT molecular complexity index is 588. The van der Waals surface area contributed by atoms with Crippen molar-refractivity contribution in [1.82, 2.24) is 0 Å². The number of unbranched alkanes of at least 4 members (excludes halogenated alkanes) is 2. The molecule has 2 aliphatic carbocycles. The summed E-state index contributed by atoms with van der Waals surface area (Å²) in [5, 5.41) is 30.0. The fraction of sp³-hybridized carbons (Fsp3) is 0.739. The highest BCUT2D eigenvalue weighted by Gasteiger charge is 2.44. The molecule has 4 heteroatoms. The summed E-state index contributed by atoms with van der Waals surface area (Å²) in [6.45, 7) is 2.53. The molecule has 0 aromatic heterocycles. The van der Waals surface area contributed by atoms with E-state index in [2.05, 4.69) is 13.0 Å². The molecule has 0 amide bonds. The molecule has 27 heavy (non-hydrogen) atoms. The van der Waals surface area contributed by atoms with E-state index in [9.17, 15) is 10.2 Å². The van der Waals surface area contributed by atoms with Gasteiger partial charge >= 0.3 is 0 Å². The lowest BCUT2D eigenvalue weighted by molar-refractivity contribution is 0.0869. The molecular weight excluding hydrogens is 340 g/mol. The van der Waals surface area contributed by atoms with Crippen LogP contribution >= 0.6 is 0 Å². The number of aliphatic hydroxyl groups excluding tert-OH is 3. The van der Waals surface area contributed by atoms with Crippen LogP contribution in [0.25, 0.3) is 0 Å². The number of ether oxygens (including phenoxy) is 1. The van der Waals surface area contributed by atoms with Gasteiger partial charge in [-0.25, -0.2) is 0 Å². The van der Waals surface area contributed by atoms with Crippen LogP contribution in [0.15, 0.2) is 18.2 Å². The van der Waals surface area contributed by atoms with Crippen LogP contribution in [0.2, 0.25) is 0 Å².